The van der Waals surface area contributed by atoms with Gasteiger partial charge in [0.05, 0.1) is 55.2 Å². The highest BCUT2D eigenvalue weighted by Gasteiger charge is 2.35. The second-order valence-electron chi connectivity index (χ2n) is 19.8. The fraction of sp³-hybridized carbons (Fsp3) is 0.600. The Morgan fingerprint density at radius 3 is 2.66 bits per heavy atom. The first kappa shape index (κ1) is 48.1. The number of carbonyl (C=O) groups excluding carboxylic acids is 3. The number of piperazine rings is 1. The van der Waals surface area contributed by atoms with E-state index in [4.69, 9.17) is 23.9 Å². The van der Waals surface area contributed by atoms with E-state index in [1.807, 2.05) is 40.0 Å². The number of methoxy groups -OCH3 is 1. The number of ether oxygens (including phenoxy) is 4. The van der Waals surface area contributed by atoms with Gasteiger partial charge in [-0.25, -0.2) is 10.2 Å². The average Bonchev–Trinajstić information content (AvgIpc) is 3.60. The van der Waals surface area contributed by atoms with E-state index in [1.54, 1.807) is 12.1 Å². The molecule has 3 saturated heterocycles. The molecule has 4 aliphatic heterocycles. The average molecular weight is 897 g/mol. The van der Waals surface area contributed by atoms with Gasteiger partial charge < -0.3 is 33.7 Å². The minimum atomic E-state index is -0.834. The third-order valence-electron chi connectivity index (χ3n) is 13.2. The highest BCUT2D eigenvalue weighted by Crippen LogP contribution is 2.43. The summed E-state index contributed by atoms with van der Waals surface area (Å²) >= 11 is 0. The number of fused-ring (bicyclic) bond motifs is 2. The molecule has 15 heteroatoms. The monoisotopic (exact) mass is 897 g/mol. The van der Waals surface area contributed by atoms with Crippen molar-refractivity contribution in [3.63, 3.8) is 0 Å². The third-order valence-corrected chi connectivity index (χ3v) is 13.2. The smallest absolute Gasteiger partial charge is 0.408 e. The lowest BCUT2D eigenvalue weighted by atomic mass is 9.84. The van der Waals surface area contributed by atoms with Crippen molar-refractivity contribution in [2.45, 2.75) is 111 Å². The first-order valence-corrected chi connectivity index (χ1v) is 23.5. The molecule has 2 N–H and O–H groups in total. The number of morpholine rings is 1. The second-order valence-corrected chi connectivity index (χ2v) is 19.8. The normalized spacial score (nSPS) is 21.0. The molecular formula is C50H72N8O7. The predicted molar refractivity (Wildman–Crippen MR) is 254 cm³/mol. The quantitative estimate of drug-likeness (QED) is 0.122. The lowest BCUT2D eigenvalue weighted by Gasteiger charge is -2.44. The van der Waals surface area contributed by atoms with Crippen LogP contribution in [0, 0.1) is 5.41 Å². The Balaban J connectivity index is 1.25. The highest BCUT2D eigenvalue weighted by molar-refractivity contribution is 5.95. The van der Waals surface area contributed by atoms with Crippen LogP contribution in [0.3, 0.4) is 0 Å². The van der Waals surface area contributed by atoms with Crippen molar-refractivity contribution in [1.29, 1.82) is 0 Å². The van der Waals surface area contributed by atoms with Gasteiger partial charge in [-0.1, -0.05) is 32.1 Å². The zero-order valence-corrected chi connectivity index (χ0v) is 40.0. The van der Waals surface area contributed by atoms with Crippen LogP contribution in [0.4, 0.5) is 10.5 Å². The van der Waals surface area contributed by atoms with E-state index < -0.39 is 23.2 Å². The topological polar surface area (TPSA) is 143 Å². The summed E-state index contributed by atoms with van der Waals surface area (Å²) in [5.41, 5.74) is 10.7. The molecule has 354 valence electrons. The minimum Gasteiger partial charge on any atom is -0.467 e. The molecule has 1 aromatic carbocycles. The summed E-state index contributed by atoms with van der Waals surface area (Å²) < 4.78 is 25.4. The molecule has 0 aliphatic carbocycles. The Bertz CT molecular complexity index is 2210. The molecular weight excluding hydrogens is 825 g/mol. The molecule has 7 rings (SSSR count). The molecule has 6 heterocycles. The summed E-state index contributed by atoms with van der Waals surface area (Å²) in [4.78, 5) is 51.2. The summed E-state index contributed by atoms with van der Waals surface area (Å²) in [6, 6.07) is 8.52. The Hall–Kier alpha value is -4.80. The molecule has 4 atom stereocenters. The Morgan fingerprint density at radius 2 is 1.92 bits per heavy atom. The molecule has 0 unspecified atom stereocenters. The molecule has 65 heavy (non-hydrogen) atoms. The number of nitrogens with zero attached hydrogens (tertiary/aromatic N) is 6. The fourth-order valence-electron chi connectivity index (χ4n) is 9.87. The van der Waals surface area contributed by atoms with Crippen LogP contribution in [0.1, 0.15) is 90.7 Å². The van der Waals surface area contributed by atoms with E-state index in [-0.39, 0.29) is 24.7 Å². The van der Waals surface area contributed by atoms with Crippen LogP contribution in [0.15, 0.2) is 49.2 Å². The van der Waals surface area contributed by atoms with Gasteiger partial charge in [0.2, 0.25) is 0 Å². The van der Waals surface area contributed by atoms with E-state index >= 15 is 0 Å². The lowest BCUT2D eigenvalue weighted by molar-refractivity contribution is -0.139. The van der Waals surface area contributed by atoms with Crippen LogP contribution >= 0.6 is 0 Å². The summed E-state index contributed by atoms with van der Waals surface area (Å²) in [5.74, 6) is -0.204. The largest absolute Gasteiger partial charge is 0.467 e. The molecule has 2 amide bonds. The number of benzene rings is 1. The molecule has 0 saturated carbocycles. The van der Waals surface area contributed by atoms with Crippen LogP contribution < -0.4 is 15.6 Å². The van der Waals surface area contributed by atoms with E-state index in [2.05, 4.69) is 87.7 Å². The predicted octanol–water partition coefficient (Wildman–Crippen LogP) is 6.36. The summed E-state index contributed by atoms with van der Waals surface area (Å²) in [7, 11) is 1.73. The Kier molecular flexibility index (Phi) is 15.4. The lowest BCUT2D eigenvalue weighted by Crippen LogP contribution is -2.60. The number of nitrogens with one attached hydrogen (secondary N) is 2. The number of rotatable bonds is 16. The van der Waals surface area contributed by atoms with Crippen molar-refractivity contribution >= 4 is 40.6 Å². The zero-order chi connectivity index (χ0) is 46.5. The van der Waals surface area contributed by atoms with Crippen LogP contribution in [-0.4, -0.2) is 146 Å². The van der Waals surface area contributed by atoms with E-state index in [0.29, 0.717) is 38.6 Å². The van der Waals surface area contributed by atoms with Crippen LogP contribution in [0.2, 0.25) is 0 Å². The van der Waals surface area contributed by atoms with Gasteiger partial charge in [0.1, 0.15) is 11.6 Å². The molecule has 4 aliphatic rings. The number of hydrazine groups is 1. The maximum atomic E-state index is 14.1. The molecule has 15 nitrogen and oxygen atoms in total. The van der Waals surface area contributed by atoms with Crippen molar-refractivity contribution in [2.75, 3.05) is 84.2 Å². The van der Waals surface area contributed by atoms with E-state index in [0.717, 1.165) is 122 Å². The maximum Gasteiger partial charge on any atom is 0.408 e. The van der Waals surface area contributed by atoms with Gasteiger partial charge in [-0.15, -0.1) is 6.58 Å². The van der Waals surface area contributed by atoms with Gasteiger partial charge in [-0.05, 0) is 95.2 Å². The number of pyridine rings is 1. The number of aryl methyl sites for hydroxylation is 1. The number of anilines is 1. The zero-order valence-electron chi connectivity index (χ0n) is 40.0. The number of hydrogen-bond donors (Lipinski definition) is 2. The molecule has 0 bridgehead atoms. The van der Waals surface area contributed by atoms with E-state index in [9.17, 15) is 14.4 Å². The summed E-state index contributed by atoms with van der Waals surface area (Å²) in [6.07, 6.45) is 8.35. The number of carbonyl (C=O) groups is 3. The van der Waals surface area contributed by atoms with E-state index in [1.165, 1.54) is 0 Å². The standard InChI is InChI=1S/C50H72N8O7/c1-10-37-15-13-19-58(53-37)47(60)43(52-48(61)65-49(4,5)6)30-54-18-12-14-36(28-54)35-16-17-44-40(24-35)42(26-50(7,8)32-64-33-59)46(57(44)11-2)41-25-38(27-51-45(41)34(3)62-9)56-21-20-55-22-23-63-31-39(55)29-56/h10,14,16-17,24-25,27,33-34,37,39,43,53H,1,11-13,15,18-23,26,28-32H2,2-9H3,(H,52,61)/t34-,37+,39-,43-/m0/s1. The highest BCUT2D eigenvalue weighted by atomic mass is 16.6. The number of amides is 2. The maximum absolute atomic E-state index is 14.1. The second kappa shape index (κ2) is 20.8. The first-order valence-electron chi connectivity index (χ1n) is 23.5. The summed E-state index contributed by atoms with van der Waals surface area (Å²) in [6.45, 7) is 26.8. The van der Waals surface area contributed by atoms with Crippen LogP contribution in [0.5, 0.6) is 0 Å². The Labute approximate surface area is 385 Å². The van der Waals surface area contributed by atoms with Gasteiger partial charge in [-0.3, -0.25) is 29.4 Å². The van der Waals surface area contributed by atoms with Gasteiger partial charge >= 0.3 is 6.09 Å². The fourth-order valence-corrected chi connectivity index (χ4v) is 9.87. The molecule has 3 fully saturated rings. The summed E-state index contributed by atoms with van der Waals surface area (Å²) in [5, 5.41) is 5.67. The number of alkyl carbamates (subject to hydrolysis) is 1. The van der Waals surface area contributed by atoms with Crippen LogP contribution in [0.25, 0.3) is 27.7 Å². The Morgan fingerprint density at radius 1 is 1.11 bits per heavy atom. The number of hydrogen-bond acceptors (Lipinski definition) is 12. The SMILES string of the molecule is C=C[C@@H]1CCCN(C(=O)[C@H](CN2CCC=C(c3ccc4c(c3)c(CC(C)(C)COC=O)c(-c3cc(N5CCN6CCOC[C@@H]6C5)cnc3[C@H](C)OC)n4CC)C2)NC(=O)OC(C)(C)C)N1. The third kappa shape index (κ3) is 11.4. The van der Waals surface area contributed by atoms with Gasteiger partial charge in [0.15, 0.2) is 0 Å². The van der Waals surface area contributed by atoms with Crippen molar-refractivity contribution < 1.29 is 33.3 Å². The minimum absolute atomic E-state index is 0.0199. The van der Waals surface area contributed by atoms with Gasteiger partial charge in [0.25, 0.3) is 12.4 Å². The van der Waals surface area contributed by atoms with Crippen molar-refractivity contribution in [2.24, 2.45) is 5.41 Å². The van der Waals surface area contributed by atoms with Gasteiger partial charge in [-0.2, -0.15) is 0 Å². The van der Waals surface area contributed by atoms with Crippen molar-refractivity contribution in [3.8, 4) is 11.3 Å². The molecule has 0 radical (unpaired) electrons. The first-order chi connectivity index (χ1) is 31.1. The van der Waals surface area contributed by atoms with Crippen molar-refractivity contribution in [3.05, 3.63) is 66.0 Å². The molecule has 0 spiro atoms. The van der Waals surface area contributed by atoms with Crippen LogP contribution in [-0.2, 0) is 41.5 Å². The van der Waals surface area contributed by atoms with Crippen molar-refractivity contribution in [1.82, 2.24) is 35.1 Å². The number of aromatic nitrogens is 2. The molecule has 3 aromatic rings. The molecule has 2 aromatic heterocycles. The van der Waals surface area contributed by atoms with Gasteiger partial charge in [0, 0.05) is 93.9 Å².